The molecule has 37 heavy (non-hydrogen) atoms. The van der Waals surface area contributed by atoms with E-state index in [0.717, 1.165) is 29.6 Å². The Hall–Kier alpha value is -2.99. The number of halogens is 4. The van der Waals surface area contributed by atoms with Crippen molar-refractivity contribution >= 4 is 33.0 Å². The molecular weight excluding hydrogens is 533 g/mol. The maximum Gasteiger partial charge on any atom is 0.573 e. The van der Waals surface area contributed by atoms with E-state index in [2.05, 4.69) is 9.46 Å². The first-order valence-electron chi connectivity index (χ1n) is 11.4. The third-order valence-electron chi connectivity index (χ3n) is 6.37. The monoisotopic (exact) mass is 554 g/mol. The van der Waals surface area contributed by atoms with Gasteiger partial charge in [-0.25, -0.2) is 13.1 Å². The number of nitrogens with one attached hydrogen (secondary N) is 1. The van der Waals surface area contributed by atoms with Gasteiger partial charge in [0.1, 0.15) is 5.75 Å². The number of benzene rings is 3. The van der Waals surface area contributed by atoms with E-state index in [0.29, 0.717) is 30.8 Å². The summed E-state index contributed by atoms with van der Waals surface area (Å²) in [6, 6.07) is 16.2. The molecule has 0 saturated heterocycles. The number of hydrogen-bond donors (Lipinski definition) is 2. The van der Waals surface area contributed by atoms with Crippen molar-refractivity contribution in [3.63, 3.8) is 0 Å². The highest BCUT2D eigenvalue weighted by atomic mass is 35.5. The summed E-state index contributed by atoms with van der Waals surface area (Å²) in [7, 11) is -4.23. The molecule has 196 valence electrons. The van der Waals surface area contributed by atoms with Gasteiger partial charge in [-0.2, -0.15) is 0 Å². The molecule has 0 spiro atoms. The van der Waals surface area contributed by atoms with Crippen molar-refractivity contribution in [3.8, 4) is 17.2 Å². The van der Waals surface area contributed by atoms with E-state index in [1.165, 1.54) is 0 Å². The molecule has 0 radical (unpaired) electrons. The summed E-state index contributed by atoms with van der Waals surface area (Å²) in [5.41, 5.74) is 1.50. The van der Waals surface area contributed by atoms with Gasteiger partial charge in [0.25, 0.3) is 0 Å². The van der Waals surface area contributed by atoms with Gasteiger partial charge >= 0.3 is 6.36 Å². The number of aliphatic hydroxyl groups is 1. The van der Waals surface area contributed by atoms with Crippen LogP contribution in [0, 0.1) is 0 Å². The van der Waals surface area contributed by atoms with Crippen LogP contribution in [0.5, 0.6) is 17.2 Å². The lowest BCUT2D eigenvalue weighted by Gasteiger charge is -2.44. The molecule has 7 nitrogen and oxygen atoms in total. The van der Waals surface area contributed by atoms with Crippen LogP contribution in [0.15, 0.2) is 71.6 Å². The third kappa shape index (κ3) is 5.22. The van der Waals surface area contributed by atoms with Crippen LogP contribution in [0.1, 0.15) is 19.3 Å². The average molecular weight is 555 g/mol. The van der Waals surface area contributed by atoms with Gasteiger partial charge in [-0.05, 0) is 61.7 Å². The van der Waals surface area contributed by atoms with Crippen LogP contribution < -0.4 is 19.1 Å². The van der Waals surface area contributed by atoms with E-state index in [1.54, 1.807) is 0 Å². The number of ether oxygens (including phenoxy) is 2. The first kappa shape index (κ1) is 25.7. The lowest BCUT2D eigenvalue weighted by atomic mass is 9.86. The van der Waals surface area contributed by atoms with Crippen LogP contribution >= 0.6 is 11.6 Å². The minimum atomic E-state index is -4.97. The Kier molecular flexibility index (Phi) is 6.73. The molecule has 3 atom stereocenters. The maximum absolute atomic E-state index is 13.1. The number of para-hydroxylation sites is 4. The van der Waals surface area contributed by atoms with Crippen molar-refractivity contribution in [2.24, 2.45) is 0 Å². The fourth-order valence-corrected chi connectivity index (χ4v) is 6.38. The summed E-state index contributed by atoms with van der Waals surface area (Å²) < 4.78 is 76.1. The van der Waals surface area contributed by atoms with E-state index < -0.39 is 45.3 Å². The van der Waals surface area contributed by atoms with Crippen LogP contribution in [0.3, 0.4) is 0 Å². The van der Waals surface area contributed by atoms with Gasteiger partial charge in [0, 0.05) is 0 Å². The number of fused-ring (bicyclic) bond motifs is 2. The van der Waals surface area contributed by atoms with Crippen molar-refractivity contribution in [2.75, 3.05) is 4.90 Å². The zero-order chi connectivity index (χ0) is 26.4. The number of anilines is 2. The zero-order valence-corrected chi connectivity index (χ0v) is 20.7. The van der Waals surface area contributed by atoms with Gasteiger partial charge in [0.05, 0.1) is 39.5 Å². The molecule has 1 fully saturated rings. The second-order valence-electron chi connectivity index (χ2n) is 8.76. The van der Waals surface area contributed by atoms with Gasteiger partial charge < -0.3 is 19.5 Å². The fraction of sp³-hybridized carbons (Fsp3) is 0.280. The molecule has 1 aliphatic heterocycles. The molecule has 3 aromatic carbocycles. The van der Waals surface area contributed by atoms with E-state index in [4.69, 9.17) is 16.3 Å². The van der Waals surface area contributed by atoms with Gasteiger partial charge in [-0.15, -0.1) is 13.2 Å². The topological polar surface area (TPSA) is 88.1 Å². The van der Waals surface area contributed by atoms with E-state index in [1.807, 2.05) is 53.4 Å². The first-order valence-corrected chi connectivity index (χ1v) is 13.3. The highest BCUT2D eigenvalue weighted by Crippen LogP contribution is 2.49. The molecule has 0 amide bonds. The maximum atomic E-state index is 13.1. The normalized spacial score (nSPS) is 21.5. The summed E-state index contributed by atoms with van der Waals surface area (Å²) in [5, 5.41) is 10.9. The molecule has 5 rings (SSSR count). The lowest BCUT2D eigenvalue weighted by molar-refractivity contribution is -0.274. The Morgan fingerprint density at radius 2 is 1.62 bits per heavy atom. The molecule has 1 heterocycles. The molecule has 1 unspecified atom stereocenters. The smallest absolute Gasteiger partial charge is 0.453 e. The summed E-state index contributed by atoms with van der Waals surface area (Å²) in [6.07, 6.45) is -4.49. The van der Waals surface area contributed by atoms with E-state index in [9.17, 15) is 26.7 Å². The quantitative estimate of drug-likeness (QED) is 0.418. The second-order valence-corrected chi connectivity index (χ2v) is 10.9. The van der Waals surface area contributed by atoms with Gasteiger partial charge in [-0.3, -0.25) is 0 Å². The predicted molar refractivity (Wildman–Crippen MR) is 131 cm³/mol. The summed E-state index contributed by atoms with van der Waals surface area (Å²) in [5.74, 6) is 0.523. The van der Waals surface area contributed by atoms with Gasteiger partial charge in [0.15, 0.2) is 11.5 Å². The molecule has 2 N–H and O–H groups in total. The minimum absolute atomic E-state index is 0.344. The molecule has 3 aromatic rings. The summed E-state index contributed by atoms with van der Waals surface area (Å²) >= 11 is 5.85. The van der Waals surface area contributed by atoms with Crippen LogP contribution in [-0.4, -0.2) is 38.1 Å². The predicted octanol–water partition coefficient (Wildman–Crippen LogP) is 5.74. The van der Waals surface area contributed by atoms with Gasteiger partial charge in [-0.1, -0.05) is 35.9 Å². The molecule has 0 aromatic heterocycles. The van der Waals surface area contributed by atoms with Crippen LogP contribution in [-0.2, 0) is 10.0 Å². The molecule has 2 aliphatic rings. The fourth-order valence-electron chi connectivity index (χ4n) is 4.78. The highest BCUT2D eigenvalue weighted by Gasteiger charge is 2.41. The number of aliphatic hydroxyl groups excluding tert-OH is 1. The minimum Gasteiger partial charge on any atom is -0.453 e. The first-order chi connectivity index (χ1) is 17.5. The third-order valence-corrected chi connectivity index (χ3v) is 8.15. The van der Waals surface area contributed by atoms with E-state index in [-0.39, 0.29) is 4.90 Å². The lowest BCUT2D eigenvalue weighted by Crippen LogP contribution is -2.56. The standard InChI is InChI=1S/C25H22ClF3N2O5S/c26-16-14-15(12-13-21(16)36-25(27,28)29)37(33,34)30-17-6-5-9-20(24(17)32)31-18-7-1-3-10-22(18)35-23-11-4-2-8-19(23)31/h1-4,7-8,10-14,17,20,24,30,32H,5-6,9H2/t17-,20?,24+/m1/s1. The zero-order valence-electron chi connectivity index (χ0n) is 19.2. The SMILES string of the molecule is O=S(=O)(N[C@@H]1CCCC(N2c3ccccc3Oc3ccccc32)[C@H]1O)c1ccc(OC(F)(F)F)c(Cl)c1. The average Bonchev–Trinajstić information content (AvgIpc) is 2.84. The highest BCUT2D eigenvalue weighted by molar-refractivity contribution is 7.89. The summed E-state index contributed by atoms with van der Waals surface area (Å²) in [6.45, 7) is 0. The Labute approximate surface area is 216 Å². The largest absolute Gasteiger partial charge is 0.573 e. The van der Waals surface area contributed by atoms with E-state index >= 15 is 0 Å². The molecule has 12 heteroatoms. The Morgan fingerprint density at radius 3 is 2.22 bits per heavy atom. The number of sulfonamides is 1. The molecular formula is C25H22ClF3N2O5S. The number of alkyl halides is 3. The van der Waals surface area contributed by atoms with Gasteiger partial charge in [0.2, 0.25) is 10.0 Å². The molecule has 1 aliphatic carbocycles. The van der Waals surface area contributed by atoms with Crippen molar-refractivity contribution in [2.45, 2.75) is 48.7 Å². The van der Waals surface area contributed by atoms with Crippen molar-refractivity contribution in [3.05, 3.63) is 71.8 Å². The Balaban J connectivity index is 1.41. The Bertz CT molecular complexity index is 1370. The second kappa shape index (κ2) is 9.71. The van der Waals surface area contributed by atoms with Crippen molar-refractivity contribution in [1.29, 1.82) is 0 Å². The van der Waals surface area contributed by atoms with Crippen LogP contribution in [0.25, 0.3) is 0 Å². The van der Waals surface area contributed by atoms with Crippen molar-refractivity contribution < 1.29 is 36.2 Å². The van der Waals surface area contributed by atoms with Crippen LogP contribution in [0.4, 0.5) is 24.5 Å². The molecule has 1 saturated carbocycles. The number of nitrogens with zero attached hydrogens (tertiary/aromatic N) is 1. The van der Waals surface area contributed by atoms with Crippen molar-refractivity contribution in [1.82, 2.24) is 4.72 Å². The number of rotatable bonds is 5. The molecule has 0 bridgehead atoms. The number of hydrogen-bond acceptors (Lipinski definition) is 6. The Morgan fingerprint density at radius 1 is 1.00 bits per heavy atom. The van der Waals surface area contributed by atoms with Crippen LogP contribution in [0.2, 0.25) is 5.02 Å². The summed E-state index contributed by atoms with van der Waals surface area (Å²) in [4.78, 5) is 1.63.